The normalized spacial score (nSPS) is 23.8. The molecule has 0 aliphatic carbocycles. The maximum atomic E-state index is 11.9. The number of carbonyl (C=O) groups excluding carboxylic acids is 1. The van der Waals surface area contributed by atoms with E-state index in [9.17, 15) is 4.79 Å². The second kappa shape index (κ2) is 7.09. The van der Waals surface area contributed by atoms with E-state index >= 15 is 0 Å². The minimum Gasteiger partial charge on any atom is -0.372 e. The molecule has 1 fully saturated rings. The van der Waals surface area contributed by atoms with E-state index in [2.05, 4.69) is 0 Å². The summed E-state index contributed by atoms with van der Waals surface area (Å²) in [5.74, 6) is 0.562. The Kier molecular flexibility index (Phi) is 6.95. The molecule has 1 aliphatic heterocycles. The standard InChI is InChI=1S/C11H22N2O2.ClH/c1-4-10(15-3)11(14)13-6-5-9(7-13)8(2)12;/h8-10H,4-7,12H2,1-3H3;1H. The SMILES string of the molecule is CCC(OC)C(=O)N1CCC(C(C)N)C1.Cl. The van der Waals surface area contributed by atoms with Gasteiger partial charge in [0, 0.05) is 26.2 Å². The number of halogens is 1. The highest BCUT2D eigenvalue weighted by Crippen LogP contribution is 2.20. The number of hydrogen-bond acceptors (Lipinski definition) is 3. The van der Waals surface area contributed by atoms with E-state index < -0.39 is 0 Å². The largest absolute Gasteiger partial charge is 0.372 e. The highest BCUT2D eigenvalue weighted by molar-refractivity contribution is 5.85. The van der Waals surface area contributed by atoms with Crippen molar-refractivity contribution in [2.24, 2.45) is 11.7 Å². The average Bonchev–Trinajstić information content (AvgIpc) is 2.68. The van der Waals surface area contributed by atoms with Gasteiger partial charge in [-0.1, -0.05) is 6.92 Å². The molecule has 3 atom stereocenters. The number of hydrogen-bond donors (Lipinski definition) is 1. The van der Waals surface area contributed by atoms with E-state index in [4.69, 9.17) is 10.5 Å². The first kappa shape index (κ1) is 15.7. The van der Waals surface area contributed by atoms with Crippen molar-refractivity contribution in [3.05, 3.63) is 0 Å². The van der Waals surface area contributed by atoms with Gasteiger partial charge in [-0.15, -0.1) is 12.4 Å². The van der Waals surface area contributed by atoms with Crippen LogP contribution in [0.1, 0.15) is 26.7 Å². The van der Waals surface area contributed by atoms with Crippen LogP contribution in [0.2, 0.25) is 0 Å². The zero-order valence-electron chi connectivity index (χ0n) is 10.3. The monoisotopic (exact) mass is 250 g/mol. The molecule has 0 aromatic rings. The molecule has 2 N–H and O–H groups in total. The Balaban J connectivity index is 0.00000225. The fourth-order valence-electron chi connectivity index (χ4n) is 2.06. The second-order valence-corrected chi connectivity index (χ2v) is 4.32. The van der Waals surface area contributed by atoms with E-state index in [1.54, 1.807) is 7.11 Å². The van der Waals surface area contributed by atoms with Gasteiger partial charge in [0.05, 0.1) is 0 Å². The van der Waals surface area contributed by atoms with Crippen molar-refractivity contribution in [3.63, 3.8) is 0 Å². The van der Waals surface area contributed by atoms with Crippen molar-refractivity contribution in [2.45, 2.75) is 38.8 Å². The third kappa shape index (κ3) is 3.61. The van der Waals surface area contributed by atoms with Crippen molar-refractivity contribution >= 4 is 18.3 Å². The predicted molar refractivity (Wildman–Crippen MR) is 66.7 cm³/mol. The molecule has 1 rings (SSSR count). The van der Waals surface area contributed by atoms with Crippen LogP contribution in [-0.4, -0.2) is 43.2 Å². The van der Waals surface area contributed by atoms with Crippen LogP contribution in [0.4, 0.5) is 0 Å². The van der Waals surface area contributed by atoms with E-state index in [-0.39, 0.29) is 30.5 Å². The van der Waals surface area contributed by atoms with Crippen molar-refractivity contribution in [1.82, 2.24) is 4.90 Å². The van der Waals surface area contributed by atoms with Crippen LogP contribution >= 0.6 is 12.4 Å². The van der Waals surface area contributed by atoms with Crippen LogP contribution in [0.15, 0.2) is 0 Å². The summed E-state index contributed by atoms with van der Waals surface area (Å²) in [6.07, 6.45) is 1.47. The van der Waals surface area contributed by atoms with Crippen molar-refractivity contribution in [1.29, 1.82) is 0 Å². The molecular weight excluding hydrogens is 228 g/mol. The van der Waals surface area contributed by atoms with Crippen LogP contribution in [0.5, 0.6) is 0 Å². The summed E-state index contributed by atoms with van der Waals surface area (Å²) >= 11 is 0. The van der Waals surface area contributed by atoms with Gasteiger partial charge in [0.15, 0.2) is 0 Å². The lowest BCUT2D eigenvalue weighted by atomic mass is 10.0. The van der Waals surface area contributed by atoms with Gasteiger partial charge in [0.2, 0.25) is 0 Å². The van der Waals surface area contributed by atoms with Crippen LogP contribution in [-0.2, 0) is 9.53 Å². The number of nitrogens with zero attached hydrogens (tertiary/aromatic N) is 1. The van der Waals surface area contributed by atoms with Gasteiger partial charge in [-0.2, -0.15) is 0 Å². The van der Waals surface area contributed by atoms with Crippen molar-refractivity contribution < 1.29 is 9.53 Å². The van der Waals surface area contributed by atoms with E-state index in [1.807, 2.05) is 18.7 Å². The molecule has 1 saturated heterocycles. The van der Waals surface area contributed by atoms with Gasteiger partial charge >= 0.3 is 0 Å². The molecule has 0 spiro atoms. The van der Waals surface area contributed by atoms with E-state index in [1.165, 1.54) is 0 Å². The van der Waals surface area contributed by atoms with Crippen LogP contribution < -0.4 is 5.73 Å². The lowest BCUT2D eigenvalue weighted by Crippen LogP contribution is -2.39. The van der Waals surface area contributed by atoms with Crippen LogP contribution in [0.3, 0.4) is 0 Å². The van der Waals surface area contributed by atoms with Crippen LogP contribution in [0, 0.1) is 5.92 Å². The fraction of sp³-hybridized carbons (Fsp3) is 0.909. The van der Waals surface area contributed by atoms with Crippen molar-refractivity contribution in [3.8, 4) is 0 Å². The molecule has 5 heteroatoms. The number of amides is 1. The molecule has 4 nitrogen and oxygen atoms in total. The Morgan fingerprint density at radius 1 is 1.62 bits per heavy atom. The van der Waals surface area contributed by atoms with Gasteiger partial charge in [0.1, 0.15) is 6.10 Å². The van der Waals surface area contributed by atoms with Gasteiger partial charge in [-0.3, -0.25) is 4.79 Å². The van der Waals surface area contributed by atoms with Crippen LogP contribution in [0.25, 0.3) is 0 Å². The first-order valence-electron chi connectivity index (χ1n) is 5.67. The minimum atomic E-state index is -0.281. The van der Waals surface area contributed by atoms with Crippen molar-refractivity contribution in [2.75, 3.05) is 20.2 Å². The maximum absolute atomic E-state index is 11.9. The van der Waals surface area contributed by atoms with Gasteiger partial charge < -0.3 is 15.4 Å². The summed E-state index contributed by atoms with van der Waals surface area (Å²) in [4.78, 5) is 13.8. The minimum absolute atomic E-state index is 0. The summed E-state index contributed by atoms with van der Waals surface area (Å²) in [5.41, 5.74) is 5.83. The summed E-state index contributed by atoms with van der Waals surface area (Å²) in [5, 5.41) is 0. The second-order valence-electron chi connectivity index (χ2n) is 4.32. The summed E-state index contributed by atoms with van der Waals surface area (Å²) in [7, 11) is 1.59. The Hall–Kier alpha value is -0.320. The molecular formula is C11H23ClN2O2. The quantitative estimate of drug-likeness (QED) is 0.811. The average molecular weight is 251 g/mol. The van der Waals surface area contributed by atoms with Gasteiger partial charge in [-0.25, -0.2) is 0 Å². The Morgan fingerprint density at radius 2 is 2.25 bits per heavy atom. The highest BCUT2D eigenvalue weighted by Gasteiger charge is 2.31. The van der Waals surface area contributed by atoms with E-state index in [0.717, 1.165) is 25.9 Å². The molecule has 0 bridgehead atoms. The smallest absolute Gasteiger partial charge is 0.251 e. The molecule has 16 heavy (non-hydrogen) atoms. The summed E-state index contributed by atoms with van der Waals surface area (Å²) in [6, 6.07) is 0.172. The van der Waals surface area contributed by atoms with Gasteiger partial charge in [0.25, 0.3) is 5.91 Å². The fourth-order valence-corrected chi connectivity index (χ4v) is 2.06. The Bertz CT molecular complexity index is 220. The molecule has 96 valence electrons. The molecule has 0 saturated carbocycles. The zero-order valence-corrected chi connectivity index (χ0v) is 11.1. The third-order valence-corrected chi connectivity index (χ3v) is 3.21. The third-order valence-electron chi connectivity index (χ3n) is 3.21. The molecule has 0 aromatic heterocycles. The summed E-state index contributed by atoms with van der Waals surface area (Å²) in [6.45, 7) is 5.58. The number of nitrogens with two attached hydrogens (primary N) is 1. The molecule has 1 amide bonds. The number of methoxy groups -OCH3 is 1. The predicted octanol–water partition coefficient (Wildman–Crippen LogP) is 1.03. The highest BCUT2D eigenvalue weighted by atomic mass is 35.5. The molecule has 0 aromatic carbocycles. The number of likely N-dealkylation sites (tertiary alicyclic amines) is 1. The molecule has 0 radical (unpaired) electrons. The maximum Gasteiger partial charge on any atom is 0.251 e. The Morgan fingerprint density at radius 3 is 2.62 bits per heavy atom. The Labute approximate surface area is 104 Å². The zero-order chi connectivity index (χ0) is 11.4. The summed E-state index contributed by atoms with van der Waals surface area (Å²) < 4.78 is 5.15. The van der Waals surface area contributed by atoms with E-state index in [0.29, 0.717) is 5.92 Å². The number of ether oxygens (including phenoxy) is 1. The lowest BCUT2D eigenvalue weighted by molar-refractivity contribution is -0.141. The first-order chi connectivity index (χ1) is 7.10. The lowest BCUT2D eigenvalue weighted by Gasteiger charge is -2.22. The topological polar surface area (TPSA) is 55.6 Å². The molecule has 1 heterocycles. The molecule has 1 aliphatic rings. The molecule has 3 unspecified atom stereocenters. The first-order valence-corrected chi connectivity index (χ1v) is 5.67. The van der Waals surface area contributed by atoms with Gasteiger partial charge in [-0.05, 0) is 25.7 Å². The number of rotatable bonds is 4. The number of carbonyl (C=O) groups is 1.